The molecule has 1 saturated heterocycles. The van der Waals surface area contributed by atoms with Gasteiger partial charge in [-0.1, -0.05) is 37.2 Å². The van der Waals surface area contributed by atoms with E-state index in [0.717, 1.165) is 16.9 Å². The highest BCUT2D eigenvalue weighted by Crippen LogP contribution is 2.37. The van der Waals surface area contributed by atoms with Gasteiger partial charge in [-0.2, -0.15) is 9.57 Å². The first-order valence-corrected chi connectivity index (χ1v) is 11.8. The molecule has 148 valence electrons. The summed E-state index contributed by atoms with van der Waals surface area (Å²) in [7, 11) is -3.70. The van der Waals surface area contributed by atoms with E-state index in [1.54, 1.807) is 16.4 Å². The standard InChI is InChI=1S/C21H23ClN2O2S2/c1-14-7-18(22)10-19(8-14)27-20-5-4-17(11-23)9-21(20)28(25,26)24-12-15(2)6-16(3)13-24/h4-5,7-10,15-16H,6,12-13H2,1-3H3. The van der Waals surface area contributed by atoms with E-state index < -0.39 is 10.0 Å². The minimum atomic E-state index is -3.70. The number of benzene rings is 2. The van der Waals surface area contributed by atoms with Crippen LogP contribution in [0.5, 0.6) is 0 Å². The van der Waals surface area contributed by atoms with Crippen molar-refractivity contribution in [2.24, 2.45) is 11.8 Å². The Labute approximate surface area is 176 Å². The van der Waals surface area contributed by atoms with Gasteiger partial charge in [-0.05, 0) is 67.1 Å². The molecule has 1 aliphatic heterocycles. The highest BCUT2D eigenvalue weighted by atomic mass is 35.5. The van der Waals surface area contributed by atoms with Crippen LogP contribution in [0.25, 0.3) is 0 Å². The van der Waals surface area contributed by atoms with Gasteiger partial charge >= 0.3 is 0 Å². The summed E-state index contributed by atoms with van der Waals surface area (Å²) in [6.45, 7) is 7.11. The molecule has 2 unspecified atom stereocenters. The van der Waals surface area contributed by atoms with Crippen LogP contribution in [0, 0.1) is 30.1 Å². The second-order valence-corrected chi connectivity index (χ2v) is 11.1. The van der Waals surface area contributed by atoms with E-state index >= 15 is 0 Å². The summed E-state index contributed by atoms with van der Waals surface area (Å²) in [5, 5.41) is 9.90. The average molecular weight is 435 g/mol. The summed E-state index contributed by atoms with van der Waals surface area (Å²) in [4.78, 5) is 1.66. The molecule has 3 rings (SSSR count). The largest absolute Gasteiger partial charge is 0.244 e. The molecule has 2 aromatic carbocycles. The number of nitriles is 1. The number of hydrogen-bond acceptors (Lipinski definition) is 4. The van der Waals surface area contributed by atoms with E-state index in [1.807, 2.05) is 25.1 Å². The van der Waals surface area contributed by atoms with Crippen LogP contribution in [0.4, 0.5) is 0 Å². The molecular weight excluding hydrogens is 412 g/mol. The van der Waals surface area contributed by atoms with Gasteiger partial charge < -0.3 is 0 Å². The lowest BCUT2D eigenvalue weighted by molar-refractivity contribution is 0.222. The maximum absolute atomic E-state index is 13.5. The van der Waals surface area contributed by atoms with Crippen LogP contribution in [0.1, 0.15) is 31.4 Å². The molecule has 0 N–H and O–H groups in total. The van der Waals surface area contributed by atoms with Crippen LogP contribution in [-0.4, -0.2) is 25.8 Å². The predicted octanol–water partition coefficient (Wildman–Crippen LogP) is 5.34. The van der Waals surface area contributed by atoms with Crippen molar-refractivity contribution in [2.45, 2.75) is 41.9 Å². The molecule has 4 nitrogen and oxygen atoms in total. The molecule has 28 heavy (non-hydrogen) atoms. The lowest BCUT2D eigenvalue weighted by Crippen LogP contribution is -2.42. The molecule has 0 amide bonds. The molecule has 0 aliphatic carbocycles. The van der Waals surface area contributed by atoms with Crippen LogP contribution in [0.2, 0.25) is 5.02 Å². The average Bonchev–Trinajstić information content (AvgIpc) is 2.60. The first kappa shape index (κ1) is 21.2. The minimum Gasteiger partial charge on any atom is -0.207 e. The van der Waals surface area contributed by atoms with Crippen molar-refractivity contribution in [2.75, 3.05) is 13.1 Å². The van der Waals surface area contributed by atoms with Gasteiger partial charge in [0.05, 0.1) is 16.5 Å². The van der Waals surface area contributed by atoms with Crippen LogP contribution < -0.4 is 0 Å². The quantitative estimate of drug-likeness (QED) is 0.651. The molecule has 0 bridgehead atoms. The number of hydrogen-bond donors (Lipinski definition) is 0. The van der Waals surface area contributed by atoms with Crippen molar-refractivity contribution in [3.05, 3.63) is 52.5 Å². The molecule has 0 spiro atoms. The van der Waals surface area contributed by atoms with Crippen molar-refractivity contribution in [3.63, 3.8) is 0 Å². The lowest BCUT2D eigenvalue weighted by Gasteiger charge is -2.34. The highest BCUT2D eigenvalue weighted by molar-refractivity contribution is 8.00. The Hall–Kier alpha value is -1.52. The van der Waals surface area contributed by atoms with Crippen molar-refractivity contribution in [1.82, 2.24) is 4.31 Å². The van der Waals surface area contributed by atoms with Crippen LogP contribution in [0.3, 0.4) is 0 Å². The number of halogens is 1. The third kappa shape index (κ3) is 4.72. The molecule has 2 aromatic rings. The molecule has 0 saturated carbocycles. The first-order chi connectivity index (χ1) is 13.2. The summed E-state index contributed by atoms with van der Waals surface area (Å²) >= 11 is 7.52. The van der Waals surface area contributed by atoms with E-state index in [-0.39, 0.29) is 4.90 Å². The molecule has 1 fully saturated rings. The molecule has 1 heterocycles. The number of piperidine rings is 1. The fourth-order valence-electron chi connectivity index (χ4n) is 3.69. The van der Waals surface area contributed by atoms with Gasteiger partial charge in [0.2, 0.25) is 10.0 Å². The van der Waals surface area contributed by atoms with E-state index in [0.29, 0.717) is 40.4 Å². The minimum absolute atomic E-state index is 0.190. The molecule has 0 radical (unpaired) electrons. The van der Waals surface area contributed by atoms with Crippen molar-refractivity contribution in [1.29, 1.82) is 5.26 Å². The molecular formula is C21H23ClN2O2S2. The fraction of sp³-hybridized carbons (Fsp3) is 0.381. The Kier molecular flexibility index (Phi) is 6.41. The van der Waals surface area contributed by atoms with Gasteiger partial charge in [0, 0.05) is 27.9 Å². The zero-order chi connectivity index (χ0) is 20.5. The fourth-order valence-corrected chi connectivity index (χ4v) is 7.25. The highest BCUT2D eigenvalue weighted by Gasteiger charge is 2.33. The summed E-state index contributed by atoms with van der Waals surface area (Å²) < 4.78 is 28.5. The second-order valence-electron chi connectivity index (χ2n) is 7.61. The monoisotopic (exact) mass is 434 g/mol. The molecule has 0 aromatic heterocycles. The normalized spacial score (nSPS) is 20.7. The Bertz CT molecular complexity index is 1000. The maximum Gasteiger partial charge on any atom is 0.244 e. The third-order valence-corrected chi connectivity index (χ3v) is 8.04. The van der Waals surface area contributed by atoms with Crippen molar-refractivity contribution >= 4 is 33.4 Å². The number of aryl methyl sites for hydroxylation is 1. The van der Waals surface area contributed by atoms with Gasteiger partial charge in [-0.25, -0.2) is 8.42 Å². The van der Waals surface area contributed by atoms with Crippen LogP contribution >= 0.6 is 23.4 Å². The number of nitrogens with zero attached hydrogens (tertiary/aromatic N) is 2. The first-order valence-electron chi connectivity index (χ1n) is 9.18. The van der Waals surface area contributed by atoms with E-state index in [2.05, 4.69) is 19.9 Å². The number of rotatable bonds is 4. The third-order valence-electron chi connectivity index (χ3n) is 4.77. The van der Waals surface area contributed by atoms with Gasteiger partial charge in [-0.3, -0.25) is 0 Å². The second kappa shape index (κ2) is 8.46. The zero-order valence-electron chi connectivity index (χ0n) is 16.1. The Balaban J connectivity index is 2.04. The molecule has 2 atom stereocenters. The maximum atomic E-state index is 13.5. The summed E-state index contributed by atoms with van der Waals surface area (Å²) in [5.74, 6) is 0.619. The van der Waals surface area contributed by atoms with Crippen LogP contribution in [-0.2, 0) is 10.0 Å². The molecule has 1 aliphatic rings. The zero-order valence-corrected chi connectivity index (χ0v) is 18.5. The Morgan fingerprint density at radius 3 is 2.43 bits per heavy atom. The van der Waals surface area contributed by atoms with Gasteiger partial charge in [0.1, 0.15) is 0 Å². The van der Waals surface area contributed by atoms with E-state index in [9.17, 15) is 13.7 Å². The lowest BCUT2D eigenvalue weighted by atomic mass is 9.94. The summed E-state index contributed by atoms with van der Waals surface area (Å²) in [5.41, 5.74) is 1.34. The summed E-state index contributed by atoms with van der Waals surface area (Å²) in [6.07, 6.45) is 1.02. The summed E-state index contributed by atoms with van der Waals surface area (Å²) in [6, 6.07) is 12.6. The Morgan fingerprint density at radius 1 is 1.14 bits per heavy atom. The van der Waals surface area contributed by atoms with Gasteiger partial charge in [0.25, 0.3) is 0 Å². The van der Waals surface area contributed by atoms with Crippen molar-refractivity contribution < 1.29 is 8.42 Å². The smallest absolute Gasteiger partial charge is 0.207 e. The van der Waals surface area contributed by atoms with E-state index in [4.69, 9.17) is 11.6 Å². The SMILES string of the molecule is Cc1cc(Cl)cc(Sc2ccc(C#N)cc2S(=O)(=O)N2CC(C)CC(C)C2)c1. The predicted molar refractivity (Wildman–Crippen MR) is 113 cm³/mol. The van der Waals surface area contributed by atoms with Crippen molar-refractivity contribution in [3.8, 4) is 6.07 Å². The van der Waals surface area contributed by atoms with Gasteiger partial charge in [-0.15, -0.1) is 0 Å². The van der Waals surface area contributed by atoms with Crippen LogP contribution in [0.15, 0.2) is 51.1 Å². The van der Waals surface area contributed by atoms with E-state index in [1.165, 1.54) is 17.8 Å². The molecule has 7 heteroatoms. The topological polar surface area (TPSA) is 61.2 Å². The van der Waals surface area contributed by atoms with Gasteiger partial charge in [0.15, 0.2) is 0 Å². The Morgan fingerprint density at radius 2 is 1.82 bits per heavy atom. The number of sulfonamides is 1.